The summed E-state index contributed by atoms with van der Waals surface area (Å²) in [5.41, 5.74) is 0.256. The Balaban J connectivity index is 2.95. The highest BCUT2D eigenvalue weighted by Gasteiger charge is 2.16. The molecule has 1 aromatic rings. The molecule has 0 aliphatic heterocycles. The standard InChI is InChI=1S/C13H22ClN3O2/c1-4-6-17-13(19)12(14)11(8-15-17)16-10(5-7-18)9(2)3/h8-10,16,18H,4-7H2,1-3H3. The molecule has 19 heavy (non-hydrogen) atoms. The van der Waals surface area contributed by atoms with Gasteiger partial charge in [-0.2, -0.15) is 5.10 Å². The Labute approximate surface area is 118 Å². The molecule has 2 N–H and O–H groups in total. The predicted molar refractivity (Wildman–Crippen MR) is 77.7 cm³/mol. The molecule has 5 nitrogen and oxygen atoms in total. The normalized spacial score (nSPS) is 12.7. The summed E-state index contributed by atoms with van der Waals surface area (Å²) in [6.07, 6.45) is 3.01. The molecule has 0 aromatic carbocycles. The first-order valence-corrected chi connectivity index (χ1v) is 7.02. The summed E-state index contributed by atoms with van der Waals surface area (Å²) in [5, 5.41) is 16.5. The van der Waals surface area contributed by atoms with Crippen molar-refractivity contribution >= 4 is 17.3 Å². The first-order chi connectivity index (χ1) is 9.01. The van der Waals surface area contributed by atoms with E-state index in [0.717, 1.165) is 6.42 Å². The van der Waals surface area contributed by atoms with Gasteiger partial charge in [-0.1, -0.05) is 32.4 Å². The van der Waals surface area contributed by atoms with Gasteiger partial charge in [0.05, 0.1) is 11.9 Å². The van der Waals surface area contributed by atoms with E-state index in [1.165, 1.54) is 4.68 Å². The summed E-state index contributed by atoms with van der Waals surface area (Å²) < 4.78 is 1.37. The van der Waals surface area contributed by atoms with Crippen molar-refractivity contribution in [2.45, 2.75) is 46.2 Å². The number of aliphatic hydroxyl groups is 1. The van der Waals surface area contributed by atoms with Crippen molar-refractivity contribution < 1.29 is 5.11 Å². The molecular weight excluding hydrogens is 266 g/mol. The summed E-state index contributed by atoms with van der Waals surface area (Å²) in [5.74, 6) is 0.321. The number of hydrogen-bond donors (Lipinski definition) is 2. The number of halogens is 1. The van der Waals surface area contributed by atoms with Crippen molar-refractivity contribution in [1.29, 1.82) is 0 Å². The lowest BCUT2D eigenvalue weighted by Gasteiger charge is -2.23. The van der Waals surface area contributed by atoms with Gasteiger partial charge in [0.15, 0.2) is 0 Å². The molecule has 1 atom stereocenters. The summed E-state index contributed by atoms with van der Waals surface area (Å²) in [7, 11) is 0. The largest absolute Gasteiger partial charge is 0.396 e. The van der Waals surface area contributed by atoms with Crippen molar-refractivity contribution in [2.24, 2.45) is 5.92 Å². The van der Waals surface area contributed by atoms with Crippen LogP contribution in [-0.4, -0.2) is 27.5 Å². The predicted octanol–water partition coefficient (Wildman–Crippen LogP) is 2.13. The van der Waals surface area contributed by atoms with E-state index in [0.29, 0.717) is 24.6 Å². The molecule has 108 valence electrons. The molecule has 0 amide bonds. The van der Waals surface area contributed by atoms with Crippen LogP contribution in [0.15, 0.2) is 11.0 Å². The molecule has 1 heterocycles. The highest BCUT2D eigenvalue weighted by atomic mass is 35.5. The van der Waals surface area contributed by atoms with Crippen LogP contribution in [0.3, 0.4) is 0 Å². The molecule has 0 radical (unpaired) electrons. The lowest BCUT2D eigenvalue weighted by Crippen LogP contribution is -2.30. The van der Waals surface area contributed by atoms with Crippen LogP contribution in [-0.2, 0) is 6.54 Å². The monoisotopic (exact) mass is 287 g/mol. The Morgan fingerprint density at radius 1 is 1.53 bits per heavy atom. The van der Waals surface area contributed by atoms with E-state index in [2.05, 4.69) is 10.4 Å². The van der Waals surface area contributed by atoms with Gasteiger partial charge in [0.1, 0.15) is 5.02 Å². The fourth-order valence-corrected chi connectivity index (χ4v) is 2.05. The second-order valence-electron chi connectivity index (χ2n) is 4.91. The Hall–Kier alpha value is -1.07. The van der Waals surface area contributed by atoms with Crippen LogP contribution in [0.1, 0.15) is 33.6 Å². The van der Waals surface area contributed by atoms with Gasteiger partial charge in [-0.05, 0) is 18.8 Å². The Bertz CT molecular complexity index is 460. The lowest BCUT2D eigenvalue weighted by atomic mass is 10.0. The fraction of sp³-hybridized carbons (Fsp3) is 0.692. The van der Waals surface area contributed by atoms with Gasteiger partial charge >= 0.3 is 0 Å². The van der Waals surface area contributed by atoms with E-state index in [1.807, 2.05) is 20.8 Å². The fourth-order valence-electron chi connectivity index (χ4n) is 1.85. The maximum Gasteiger partial charge on any atom is 0.287 e. The average molecular weight is 288 g/mol. The molecule has 0 saturated carbocycles. The summed E-state index contributed by atoms with van der Waals surface area (Å²) in [6, 6.07) is 0.0609. The maximum absolute atomic E-state index is 12.0. The van der Waals surface area contributed by atoms with Gasteiger partial charge in [0.2, 0.25) is 0 Å². The number of rotatable bonds is 7. The molecule has 0 saturated heterocycles. The zero-order valence-corrected chi connectivity index (χ0v) is 12.4. The number of nitrogens with one attached hydrogen (secondary N) is 1. The van der Waals surface area contributed by atoms with E-state index in [-0.39, 0.29) is 23.2 Å². The zero-order chi connectivity index (χ0) is 14.4. The summed E-state index contributed by atoms with van der Waals surface area (Å²) >= 11 is 6.08. The number of anilines is 1. The number of aryl methyl sites for hydroxylation is 1. The number of aromatic nitrogens is 2. The van der Waals surface area contributed by atoms with Gasteiger partial charge < -0.3 is 10.4 Å². The number of nitrogens with zero attached hydrogens (tertiary/aromatic N) is 2. The van der Waals surface area contributed by atoms with Crippen molar-refractivity contribution in [1.82, 2.24) is 9.78 Å². The molecule has 0 aliphatic rings. The molecule has 1 rings (SSSR count). The van der Waals surface area contributed by atoms with E-state index >= 15 is 0 Å². The van der Waals surface area contributed by atoms with E-state index in [4.69, 9.17) is 16.7 Å². The van der Waals surface area contributed by atoms with E-state index in [9.17, 15) is 4.79 Å². The Morgan fingerprint density at radius 2 is 2.21 bits per heavy atom. The lowest BCUT2D eigenvalue weighted by molar-refractivity contribution is 0.267. The second-order valence-corrected chi connectivity index (χ2v) is 5.29. The molecular formula is C13H22ClN3O2. The molecule has 0 spiro atoms. The van der Waals surface area contributed by atoms with Crippen LogP contribution < -0.4 is 10.9 Å². The van der Waals surface area contributed by atoms with Gasteiger partial charge in [-0.3, -0.25) is 4.79 Å². The van der Waals surface area contributed by atoms with Crippen LogP contribution in [0, 0.1) is 5.92 Å². The minimum absolute atomic E-state index is 0.0609. The first kappa shape index (κ1) is 16.0. The third kappa shape index (κ3) is 4.21. The van der Waals surface area contributed by atoms with Crippen LogP contribution in [0.25, 0.3) is 0 Å². The van der Waals surface area contributed by atoms with Gasteiger partial charge in [0, 0.05) is 19.2 Å². The van der Waals surface area contributed by atoms with Gasteiger partial charge in [-0.15, -0.1) is 0 Å². The highest BCUT2D eigenvalue weighted by Crippen LogP contribution is 2.20. The molecule has 6 heteroatoms. The highest BCUT2D eigenvalue weighted by molar-refractivity contribution is 6.32. The minimum atomic E-state index is -0.278. The summed E-state index contributed by atoms with van der Waals surface area (Å²) in [6.45, 7) is 6.72. The quantitative estimate of drug-likeness (QED) is 0.806. The van der Waals surface area contributed by atoms with E-state index < -0.39 is 0 Å². The zero-order valence-electron chi connectivity index (χ0n) is 11.7. The second kappa shape index (κ2) is 7.50. The van der Waals surface area contributed by atoms with Crippen LogP contribution >= 0.6 is 11.6 Å². The van der Waals surface area contributed by atoms with Crippen LogP contribution in [0.5, 0.6) is 0 Å². The third-order valence-corrected chi connectivity index (χ3v) is 3.37. The maximum atomic E-state index is 12.0. The Morgan fingerprint density at radius 3 is 2.74 bits per heavy atom. The van der Waals surface area contributed by atoms with Crippen molar-refractivity contribution in [3.8, 4) is 0 Å². The molecule has 1 aromatic heterocycles. The van der Waals surface area contributed by atoms with Crippen LogP contribution in [0.2, 0.25) is 5.02 Å². The first-order valence-electron chi connectivity index (χ1n) is 6.64. The molecule has 0 bridgehead atoms. The molecule has 0 fully saturated rings. The molecule has 0 aliphatic carbocycles. The third-order valence-electron chi connectivity index (χ3n) is 3.01. The van der Waals surface area contributed by atoms with Crippen LogP contribution in [0.4, 0.5) is 5.69 Å². The van der Waals surface area contributed by atoms with E-state index in [1.54, 1.807) is 6.20 Å². The summed E-state index contributed by atoms with van der Waals surface area (Å²) in [4.78, 5) is 12.0. The Kier molecular flexibility index (Phi) is 6.31. The van der Waals surface area contributed by atoms with Crippen molar-refractivity contribution in [2.75, 3.05) is 11.9 Å². The number of aliphatic hydroxyl groups excluding tert-OH is 1. The topological polar surface area (TPSA) is 67.2 Å². The average Bonchev–Trinajstić information content (AvgIpc) is 2.37. The van der Waals surface area contributed by atoms with Crippen molar-refractivity contribution in [3.63, 3.8) is 0 Å². The smallest absolute Gasteiger partial charge is 0.287 e. The van der Waals surface area contributed by atoms with Crippen molar-refractivity contribution in [3.05, 3.63) is 21.6 Å². The van der Waals surface area contributed by atoms with Gasteiger partial charge in [0.25, 0.3) is 5.56 Å². The van der Waals surface area contributed by atoms with Gasteiger partial charge in [-0.25, -0.2) is 4.68 Å². The SMILES string of the molecule is CCCn1ncc(NC(CCO)C(C)C)c(Cl)c1=O. The minimum Gasteiger partial charge on any atom is -0.396 e. The molecule has 1 unspecified atom stereocenters. The number of hydrogen-bond acceptors (Lipinski definition) is 4.